The molecule has 104 valence electrons. The smallest absolute Gasteiger partial charge is 0.311 e. The Bertz CT molecular complexity index is 444. The van der Waals surface area contributed by atoms with Crippen LogP contribution in [-0.4, -0.2) is 18.1 Å². The summed E-state index contributed by atoms with van der Waals surface area (Å²) in [7, 11) is 0. The molecular formula is C14H20N2O3. The summed E-state index contributed by atoms with van der Waals surface area (Å²) < 4.78 is 5.32. The van der Waals surface area contributed by atoms with Gasteiger partial charge in [-0.05, 0) is 25.3 Å². The molecule has 2 rings (SSSR count). The quantitative estimate of drug-likeness (QED) is 0.603. The minimum absolute atomic E-state index is 0.0198. The monoisotopic (exact) mass is 264 g/mol. The van der Waals surface area contributed by atoms with Crippen molar-refractivity contribution in [2.75, 3.05) is 18.5 Å². The number of hydrogen-bond acceptors (Lipinski definition) is 4. The van der Waals surface area contributed by atoms with Gasteiger partial charge in [0.1, 0.15) is 0 Å². The van der Waals surface area contributed by atoms with Crippen molar-refractivity contribution in [3.8, 4) is 5.75 Å². The number of nitrogens with one attached hydrogen (secondary N) is 1. The van der Waals surface area contributed by atoms with Crippen LogP contribution >= 0.6 is 0 Å². The largest absolute Gasteiger partial charge is 0.487 e. The number of anilines is 1. The predicted molar refractivity (Wildman–Crippen MR) is 74.7 cm³/mol. The van der Waals surface area contributed by atoms with E-state index in [0.29, 0.717) is 12.4 Å². The van der Waals surface area contributed by atoms with Crippen molar-refractivity contribution < 1.29 is 9.66 Å². The van der Waals surface area contributed by atoms with Gasteiger partial charge in [0.15, 0.2) is 5.75 Å². The predicted octanol–water partition coefficient (Wildman–Crippen LogP) is 3.60. The van der Waals surface area contributed by atoms with Crippen LogP contribution in [0.1, 0.15) is 32.6 Å². The molecule has 0 unspecified atom stereocenters. The lowest BCUT2D eigenvalue weighted by Crippen LogP contribution is -2.15. The molecule has 0 aliphatic heterocycles. The van der Waals surface area contributed by atoms with Gasteiger partial charge in [-0.1, -0.05) is 19.3 Å². The van der Waals surface area contributed by atoms with Crippen LogP contribution in [0, 0.1) is 16.0 Å². The number of benzene rings is 1. The average Bonchev–Trinajstić information content (AvgIpc) is 2.32. The van der Waals surface area contributed by atoms with Crippen LogP contribution in [0.5, 0.6) is 5.75 Å². The van der Waals surface area contributed by atoms with E-state index in [1.54, 1.807) is 12.1 Å². The Hall–Kier alpha value is -1.78. The van der Waals surface area contributed by atoms with Crippen molar-refractivity contribution >= 4 is 11.4 Å². The number of rotatable bonds is 7. The molecule has 1 fully saturated rings. The van der Waals surface area contributed by atoms with Gasteiger partial charge in [0.25, 0.3) is 0 Å². The lowest BCUT2D eigenvalue weighted by molar-refractivity contribution is -0.385. The average molecular weight is 264 g/mol. The molecule has 0 heterocycles. The first-order valence-electron chi connectivity index (χ1n) is 6.85. The molecule has 0 radical (unpaired) electrons. The molecule has 0 amide bonds. The van der Waals surface area contributed by atoms with E-state index in [0.717, 1.165) is 18.2 Å². The molecule has 1 aromatic rings. The fourth-order valence-electron chi connectivity index (χ4n) is 2.25. The second kappa shape index (κ2) is 6.41. The Morgan fingerprint density at radius 1 is 1.47 bits per heavy atom. The standard InChI is InChI=1S/C14H20N2O3/c1-2-19-14-10-12(6-7-13(14)16(17)18)15-9-8-11-4-3-5-11/h6-7,10-11,15H,2-5,8-9H2,1H3. The number of nitro groups is 1. The Morgan fingerprint density at radius 3 is 2.84 bits per heavy atom. The molecule has 1 saturated carbocycles. The summed E-state index contributed by atoms with van der Waals surface area (Å²) in [5.41, 5.74) is 0.903. The summed E-state index contributed by atoms with van der Waals surface area (Å²) in [4.78, 5) is 10.4. The van der Waals surface area contributed by atoms with Crippen LogP contribution in [0.3, 0.4) is 0 Å². The van der Waals surface area contributed by atoms with Gasteiger partial charge in [0.2, 0.25) is 0 Å². The topological polar surface area (TPSA) is 64.4 Å². The minimum Gasteiger partial charge on any atom is -0.487 e. The van der Waals surface area contributed by atoms with E-state index in [-0.39, 0.29) is 5.69 Å². The van der Waals surface area contributed by atoms with Crippen LogP contribution in [0.4, 0.5) is 11.4 Å². The highest BCUT2D eigenvalue weighted by Crippen LogP contribution is 2.31. The van der Waals surface area contributed by atoms with Crippen molar-refractivity contribution in [1.82, 2.24) is 0 Å². The van der Waals surface area contributed by atoms with E-state index in [1.807, 2.05) is 6.92 Å². The maximum Gasteiger partial charge on any atom is 0.311 e. The molecule has 0 aromatic heterocycles. The summed E-state index contributed by atoms with van der Waals surface area (Å²) in [5.74, 6) is 1.19. The molecule has 0 atom stereocenters. The van der Waals surface area contributed by atoms with Crippen molar-refractivity contribution in [3.63, 3.8) is 0 Å². The van der Waals surface area contributed by atoms with Gasteiger partial charge in [-0.25, -0.2) is 0 Å². The minimum atomic E-state index is -0.414. The Labute approximate surface area is 113 Å². The maximum absolute atomic E-state index is 10.9. The Kier molecular flexibility index (Phi) is 4.60. The molecule has 0 bridgehead atoms. The van der Waals surface area contributed by atoms with Gasteiger partial charge in [-0.15, -0.1) is 0 Å². The summed E-state index contributed by atoms with van der Waals surface area (Å²) in [6.45, 7) is 3.15. The first-order chi connectivity index (χ1) is 9.20. The third-order valence-electron chi connectivity index (χ3n) is 3.56. The zero-order chi connectivity index (χ0) is 13.7. The van der Waals surface area contributed by atoms with E-state index < -0.39 is 4.92 Å². The summed E-state index contributed by atoms with van der Waals surface area (Å²) >= 11 is 0. The molecule has 19 heavy (non-hydrogen) atoms. The molecule has 1 aliphatic carbocycles. The summed E-state index contributed by atoms with van der Waals surface area (Å²) in [5, 5.41) is 14.2. The lowest BCUT2D eigenvalue weighted by atomic mass is 9.83. The van der Waals surface area contributed by atoms with E-state index in [4.69, 9.17) is 4.74 Å². The van der Waals surface area contributed by atoms with Gasteiger partial charge in [0, 0.05) is 24.4 Å². The van der Waals surface area contributed by atoms with Crippen LogP contribution < -0.4 is 10.1 Å². The van der Waals surface area contributed by atoms with Gasteiger partial charge >= 0.3 is 5.69 Å². The van der Waals surface area contributed by atoms with Crippen molar-refractivity contribution in [2.45, 2.75) is 32.6 Å². The molecule has 1 aromatic carbocycles. The van der Waals surface area contributed by atoms with Crippen LogP contribution in [0.25, 0.3) is 0 Å². The van der Waals surface area contributed by atoms with E-state index in [2.05, 4.69) is 5.32 Å². The maximum atomic E-state index is 10.9. The number of nitro benzene ring substituents is 1. The third kappa shape index (κ3) is 3.59. The first-order valence-corrected chi connectivity index (χ1v) is 6.85. The van der Waals surface area contributed by atoms with Crippen molar-refractivity contribution in [3.05, 3.63) is 28.3 Å². The Balaban J connectivity index is 1.95. The number of hydrogen-bond donors (Lipinski definition) is 1. The lowest BCUT2D eigenvalue weighted by Gasteiger charge is -2.25. The molecule has 0 spiro atoms. The van der Waals surface area contributed by atoms with Crippen LogP contribution in [-0.2, 0) is 0 Å². The Morgan fingerprint density at radius 2 is 2.26 bits per heavy atom. The highest BCUT2D eigenvalue weighted by Gasteiger charge is 2.17. The van der Waals surface area contributed by atoms with Gasteiger partial charge < -0.3 is 10.1 Å². The van der Waals surface area contributed by atoms with E-state index in [1.165, 1.54) is 31.7 Å². The fraction of sp³-hybridized carbons (Fsp3) is 0.571. The van der Waals surface area contributed by atoms with Gasteiger partial charge in [-0.3, -0.25) is 10.1 Å². The summed E-state index contributed by atoms with van der Waals surface area (Å²) in [6, 6.07) is 4.94. The number of ether oxygens (including phenoxy) is 1. The van der Waals surface area contributed by atoms with Crippen LogP contribution in [0.2, 0.25) is 0 Å². The second-order valence-corrected chi connectivity index (χ2v) is 4.89. The highest BCUT2D eigenvalue weighted by atomic mass is 16.6. The van der Waals surface area contributed by atoms with Crippen LogP contribution in [0.15, 0.2) is 18.2 Å². The summed E-state index contributed by atoms with van der Waals surface area (Å²) in [6.07, 6.45) is 5.20. The molecule has 1 N–H and O–H groups in total. The molecule has 0 saturated heterocycles. The van der Waals surface area contributed by atoms with E-state index in [9.17, 15) is 10.1 Å². The molecule has 5 nitrogen and oxygen atoms in total. The first kappa shape index (κ1) is 13.6. The fourth-order valence-corrected chi connectivity index (χ4v) is 2.25. The van der Waals surface area contributed by atoms with Crippen molar-refractivity contribution in [2.24, 2.45) is 5.92 Å². The normalized spacial score (nSPS) is 14.8. The number of nitrogens with zero attached hydrogens (tertiary/aromatic N) is 1. The zero-order valence-corrected chi connectivity index (χ0v) is 11.2. The van der Waals surface area contributed by atoms with E-state index >= 15 is 0 Å². The highest BCUT2D eigenvalue weighted by molar-refractivity contribution is 5.57. The molecule has 1 aliphatic rings. The van der Waals surface area contributed by atoms with Crippen molar-refractivity contribution in [1.29, 1.82) is 0 Å². The van der Waals surface area contributed by atoms with Gasteiger partial charge in [0.05, 0.1) is 11.5 Å². The van der Waals surface area contributed by atoms with Gasteiger partial charge in [-0.2, -0.15) is 0 Å². The SMILES string of the molecule is CCOc1cc(NCCC2CCC2)ccc1[N+](=O)[O-]. The third-order valence-corrected chi connectivity index (χ3v) is 3.56. The zero-order valence-electron chi connectivity index (χ0n) is 11.2. The molecular weight excluding hydrogens is 244 g/mol. The molecule has 5 heteroatoms. The second-order valence-electron chi connectivity index (χ2n) is 4.89.